The summed E-state index contributed by atoms with van der Waals surface area (Å²) in [6, 6.07) is 12.5. The van der Waals surface area contributed by atoms with Crippen molar-refractivity contribution in [3.8, 4) is 11.4 Å². The van der Waals surface area contributed by atoms with Crippen LogP contribution >= 0.6 is 0 Å². The molecule has 1 aliphatic heterocycles. The lowest BCUT2D eigenvalue weighted by Crippen LogP contribution is -2.53. The van der Waals surface area contributed by atoms with Gasteiger partial charge in [0.2, 0.25) is 0 Å². The van der Waals surface area contributed by atoms with Crippen LogP contribution < -0.4 is 21.3 Å². The Balaban J connectivity index is 1.49. The highest BCUT2D eigenvalue weighted by molar-refractivity contribution is 5.91. The number of aromatic amines is 1. The highest BCUT2D eigenvalue weighted by atomic mass is 16.6. The topological polar surface area (TPSA) is 164 Å². The molecular formula is C24H28N10O2. The van der Waals surface area contributed by atoms with Crippen molar-refractivity contribution in [1.82, 2.24) is 30.7 Å². The molecule has 12 nitrogen and oxygen atoms in total. The number of nitro groups is 1. The lowest BCUT2D eigenvalue weighted by Gasteiger charge is -2.37. The van der Waals surface area contributed by atoms with Crippen LogP contribution in [-0.2, 0) is 6.54 Å². The molecule has 1 fully saturated rings. The fourth-order valence-corrected chi connectivity index (χ4v) is 4.33. The number of anilines is 3. The van der Waals surface area contributed by atoms with Crippen LogP contribution in [0.25, 0.3) is 22.3 Å². The van der Waals surface area contributed by atoms with Crippen molar-refractivity contribution in [1.29, 1.82) is 0 Å². The zero-order chi connectivity index (χ0) is 25.2. The van der Waals surface area contributed by atoms with Crippen LogP contribution in [0.4, 0.5) is 23.1 Å². The number of nitro benzene ring substituents is 1. The first-order valence-corrected chi connectivity index (χ1v) is 11.8. The number of hydrogen-bond donors (Lipinski definition) is 4. The Bertz CT molecular complexity index is 1400. The molecule has 0 amide bonds. The van der Waals surface area contributed by atoms with Crippen LogP contribution in [0.3, 0.4) is 0 Å². The van der Waals surface area contributed by atoms with Gasteiger partial charge in [0.1, 0.15) is 0 Å². The zero-order valence-electron chi connectivity index (χ0n) is 20.1. The molecular weight excluding hydrogens is 460 g/mol. The average Bonchev–Trinajstić information content (AvgIpc) is 3.27. The molecule has 1 aliphatic rings. The van der Waals surface area contributed by atoms with Gasteiger partial charge in [-0.25, -0.2) is 4.98 Å². The molecule has 0 unspecified atom stereocenters. The number of benzene rings is 2. The number of piperazine rings is 1. The van der Waals surface area contributed by atoms with Gasteiger partial charge in [0, 0.05) is 55.3 Å². The predicted octanol–water partition coefficient (Wildman–Crippen LogP) is 2.95. The second-order valence-electron chi connectivity index (χ2n) is 9.21. The molecule has 4 aromatic rings. The summed E-state index contributed by atoms with van der Waals surface area (Å²) in [6.45, 7) is 7.09. The lowest BCUT2D eigenvalue weighted by molar-refractivity contribution is -0.384. The number of nitrogens with zero attached hydrogens (tertiary/aromatic N) is 6. The fraction of sp³-hybridized carbons (Fsp3) is 0.333. The summed E-state index contributed by atoms with van der Waals surface area (Å²) in [5.74, 6) is 2.57. The van der Waals surface area contributed by atoms with Gasteiger partial charge in [-0.05, 0) is 29.7 Å². The van der Waals surface area contributed by atoms with Crippen LogP contribution in [0.5, 0.6) is 0 Å². The summed E-state index contributed by atoms with van der Waals surface area (Å²) < 4.78 is 0. The maximum absolute atomic E-state index is 11.2. The summed E-state index contributed by atoms with van der Waals surface area (Å²) >= 11 is 0. The van der Waals surface area contributed by atoms with Gasteiger partial charge in [-0.3, -0.25) is 15.2 Å². The van der Waals surface area contributed by atoms with Crippen molar-refractivity contribution in [2.24, 2.45) is 5.92 Å². The summed E-state index contributed by atoms with van der Waals surface area (Å²) in [5, 5.41) is 34.7. The Labute approximate surface area is 207 Å². The summed E-state index contributed by atoms with van der Waals surface area (Å²) in [4.78, 5) is 17.9. The van der Waals surface area contributed by atoms with E-state index in [-0.39, 0.29) is 5.69 Å². The number of rotatable bonds is 7. The van der Waals surface area contributed by atoms with E-state index >= 15 is 0 Å². The smallest absolute Gasteiger partial charge is 0.269 e. The molecule has 2 aromatic carbocycles. The van der Waals surface area contributed by atoms with Crippen molar-refractivity contribution >= 4 is 34.0 Å². The molecule has 186 valence electrons. The highest BCUT2D eigenvalue weighted by Gasteiger charge is 2.26. The van der Waals surface area contributed by atoms with Gasteiger partial charge in [-0.1, -0.05) is 26.0 Å². The Hall–Kier alpha value is -4.32. The monoisotopic (exact) mass is 488 g/mol. The SMILES string of the molecule is CC(C)[C@H]1CN(c2nc(-c3ccc4[nH]nc(N)c4c3)nnc2NCc2cccc([N+](=O)[O-])c2)CCN1. The first-order chi connectivity index (χ1) is 17.4. The number of nitrogen functional groups attached to an aromatic ring is 1. The van der Waals surface area contributed by atoms with Gasteiger partial charge >= 0.3 is 0 Å². The molecule has 5 N–H and O–H groups in total. The van der Waals surface area contributed by atoms with Gasteiger partial charge in [0.15, 0.2) is 23.3 Å². The Kier molecular flexibility index (Phi) is 6.34. The average molecular weight is 489 g/mol. The quantitative estimate of drug-likeness (QED) is 0.224. The van der Waals surface area contributed by atoms with E-state index in [2.05, 4.69) is 49.8 Å². The number of nitrogens with one attached hydrogen (secondary N) is 3. The van der Waals surface area contributed by atoms with Gasteiger partial charge < -0.3 is 21.3 Å². The molecule has 12 heteroatoms. The lowest BCUT2D eigenvalue weighted by atomic mass is 10.0. The standard InChI is InChI=1S/C24H28N10O2/c1-14(2)20-13-33(9-8-26-20)24-23(27-12-15-4-3-5-17(10-15)34(35)36)32-31-22(28-24)16-6-7-19-18(11-16)21(25)30-29-19/h3-7,10-11,14,20,26H,8-9,12-13H2,1-2H3,(H,27,32)(H3,25,29,30)/t20-/m1/s1. The Morgan fingerprint density at radius 2 is 2.11 bits per heavy atom. The number of H-pyrrole nitrogens is 1. The number of hydrogen-bond acceptors (Lipinski definition) is 10. The number of nitrogens with two attached hydrogens (primary N) is 1. The van der Waals surface area contributed by atoms with E-state index in [0.29, 0.717) is 41.8 Å². The largest absolute Gasteiger partial charge is 0.382 e. The van der Waals surface area contributed by atoms with Crippen LogP contribution in [-0.4, -0.2) is 56.0 Å². The maximum atomic E-state index is 11.2. The normalized spacial score (nSPS) is 16.0. The Morgan fingerprint density at radius 1 is 1.25 bits per heavy atom. The molecule has 0 bridgehead atoms. The van der Waals surface area contributed by atoms with E-state index in [1.165, 1.54) is 6.07 Å². The highest BCUT2D eigenvalue weighted by Crippen LogP contribution is 2.29. The van der Waals surface area contributed by atoms with Crippen LogP contribution in [0.15, 0.2) is 42.5 Å². The van der Waals surface area contributed by atoms with E-state index in [1.54, 1.807) is 12.1 Å². The second-order valence-corrected chi connectivity index (χ2v) is 9.21. The van der Waals surface area contributed by atoms with Gasteiger partial charge in [-0.2, -0.15) is 5.10 Å². The molecule has 36 heavy (non-hydrogen) atoms. The van der Waals surface area contributed by atoms with Crippen LogP contribution in [0.2, 0.25) is 0 Å². The number of fused-ring (bicyclic) bond motifs is 1. The third kappa shape index (κ3) is 4.75. The second kappa shape index (κ2) is 9.74. The molecule has 0 spiro atoms. The molecule has 5 rings (SSSR count). The number of non-ortho nitro benzene ring substituents is 1. The molecule has 0 saturated carbocycles. The van der Waals surface area contributed by atoms with Crippen LogP contribution in [0.1, 0.15) is 19.4 Å². The van der Waals surface area contributed by atoms with Gasteiger partial charge in [0.25, 0.3) is 5.69 Å². The van der Waals surface area contributed by atoms with Crippen molar-refractivity contribution in [3.63, 3.8) is 0 Å². The summed E-state index contributed by atoms with van der Waals surface area (Å²) in [7, 11) is 0. The summed E-state index contributed by atoms with van der Waals surface area (Å²) in [5.41, 5.74) is 8.43. The minimum absolute atomic E-state index is 0.0462. The van der Waals surface area contributed by atoms with Gasteiger partial charge in [0.05, 0.1) is 10.4 Å². The van der Waals surface area contributed by atoms with Crippen molar-refractivity contribution < 1.29 is 4.92 Å². The molecule has 1 saturated heterocycles. The maximum Gasteiger partial charge on any atom is 0.269 e. The van der Waals surface area contributed by atoms with E-state index in [4.69, 9.17) is 10.7 Å². The number of aromatic nitrogens is 5. The first kappa shape index (κ1) is 23.4. The molecule has 1 atom stereocenters. The third-order valence-electron chi connectivity index (χ3n) is 6.41. The first-order valence-electron chi connectivity index (χ1n) is 11.8. The Morgan fingerprint density at radius 3 is 2.92 bits per heavy atom. The van der Waals surface area contributed by atoms with E-state index in [0.717, 1.165) is 41.7 Å². The van der Waals surface area contributed by atoms with Crippen molar-refractivity contribution in [2.75, 3.05) is 35.6 Å². The van der Waals surface area contributed by atoms with E-state index < -0.39 is 4.92 Å². The van der Waals surface area contributed by atoms with Crippen LogP contribution in [0, 0.1) is 16.0 Å². The molecule has 2 aromatic heterocycles. The zero-order valence-corrected chi connectivity index (χ0v) is 20.1. The minimum atomic E-state index is -0.401. The van der Waals surface area contributed by atoms with Crippen molar-refractivity contribution in [2.45, 2.75) is 26.4 Å². The predicted molar refractivity (Wildman–Crippen MR) is 139 cm³/mol. The van der Waals surface area contributed by atoms with E-state index in [9.17, 15) is 10.1 Å². The van der Waals surface area contributed by atoms with Gasteiger partial charge in [-0.15, -0.1) is 10.2 Å². The molecule has 3 heterocycles. The molecule has 0 radical (unpaired) electrons. The van der Waals surface area contributed by atoms with Crippen molar-refractivity contribution in [3.05, 3.63) is 58.1 Å². The third-order valence-corrected chi connectivity index (χ3v) is 6.41. The fourth-order valence-electron chi connectivity index (χ4n) is 4.33. The summed E-state index contributed by atoms with van der Waals surface area (Å²) in [6.07, 6.45) is 0. The van der Waals surface area contributed by atoms with E-state index in [1.807, 2.05) is 24.3 Å². The molecule has 0 aliphatic carbocycles. The minimum Gasteiger partial charge on any atom is -0.382 e.